The number of thiazole rings is 1. The Morgan fingerprint density at radius 2 is 1.92 bits per heavy atom. The first-order valence-corrected chi connectivity index (χ1v) is 9.57. The fourth-order valence-electron chi connectivity index (χ4n) is 2.75. The lowest BCUT2D eigenvalue weighted by Crippen LogP contribution is -2.04. The molecule has 0 bridgehead atoms. The average Bonchev–Trinajstić information content (AvgIpc) is 3.10. The lowest BCUT2D eigenvalue weighted by Gasteiger charge is -2.12. The van der Waals surface area contributed by atoms with Gasteiger partial charge in [0, 0.05) is 17.5 Å². The van der Waals surface area contributed by atoms with Crippen molar-refractivity contribution >= 4 is 11.3 Å². The highest BCUT2D eigenvalue weighted by molar-refractivity contribution is 7.09. The van der Waals surface area contributed by atoms with Gasteiger partial charge in [-0.1, -0.05) is 49.7 Å². The van der Waals surface area contributed by atoms with Gasteiger partial charge in [-0.05, 0) is 36.7 Å². The summed E-state index contributed by atoms with van der Waals surface area (Å²) in [4.78, 5) is 4.76. The summed E-state index contributed by atoms with van der Waals surface area (Å²) in [5, 5.41) is 6.37. The molecule has 1 heterocycles. The van der Waals surface area contributed by atoms with Gasteiger partial charge in [-0.15, -0.1) is 11.3 Å². The molecule has 25 heavy (non-hydrogen) atoms. The zero-order chi connectivity index (χ0) is 17.5. The van der Waals surface area contributed by atoms with E-state index >= 15 is 0 Å². The Labute approximate surface area is 153 Å². The maximum Gasteiger partial charge on any atom is 0.129 e. The van der Waals surface area contributed by atoms with Crippen molar-refractivity contribution in [3.8, 4) is 17.0 Å². The van der Waals surface area contributed by atoms with E-state index in [2.05, 4.69) is 48.0 Å². The maximum atomic E-state index is 6.13. The van der Waals surface area contributed by atoms with Crippen molar-refractivity contribution in [2.75, 3.05) is 7.05 Å². The summed E-state index contributed by atoms with van der Waals surface area (Å²) in [6, 6.07) is 16.7. The van der Waals surface area contributed by atoms with Crippen LogP contribution in [0.15, 0.2) is 53.9 Å². The van der Waals surface area contributed by atoms with Crippen LogP contribution in [0.3, 0.4) is 0 Å². The van der Waals surface area contributed by atoms with Crippen LogP contribution >= 0.6 is 11.3 Å². The number of aromatic nitrogens is 1. The maximum absolute atomic E-state index is 6.13. The highest BCUT2D eigenvalue weighted by atomic mass is 32.1. The van der Waals surface area contributed by atoms with Gasteiger partial charge in [0.15, 0.2) is 0 Å². The largest absolute Gasteiger partial charge is 0.488 e. The summed E-state index contributed by atoms with van der Waals surface area (Å²) >= 11 is 1.68. The molecule has 3 aromatic rings. The van der Waals surface area contributed by atoms with Crippen LogP contribution in [0.25, 0.3) is 11.3 Å². The van der Waals surface area contributed by atoms with Crippen molar-refractivity contribution in [1.82, 2.24) is 10.3 Å². The molecule has 0 unspecified atom stereocenters. The van der Waals surface area contributed by atoms with Crippen molar-refractivity contribution in [3.63, 3.8) is 0 Å². The van der Waals surface area contributed by atoms with Crippen LogP contribution in [-0.2, 0) is 19.6 Å². The number of aryl methyl sites for hydroxylation is 1. The third kappa shape index (κ3) is 4.68. The minimum atomic E-state index is 0.564. The van der Waals surface area contributed by atoms with Gasteiger partial charge in [-0.25, -0.2) is 4.98 Å². The Kier molecular flexibility index (Phi) is 6.20. The molecule has 1 aromatic heterocycles. The van der Waals surface area contributed by atoms with Crippen LogP contribution in [0.1, 0.15) is 29.5 Å². The normalized spacial score (nSPS) is 10.8. The van der Waals surface area contributed by atoms with Gasteiger partial charge in [-0.2, -0.15) is 0 Å². The first-order valence-electron chi connectivity index (χ1n) is 8.69. The molecule has 0 radical (unpaired) electrons. The first-order chi connectivity index (χ1) is 12.3. The van der Waals surface area contributed by atoms with Gasteiger partial charge in [0.25, 0.3) is 0 Å². The third-order valence-corrected chi connectivity index (χ3v) is 4.82. The molecule has 0 aliphatic heterocycles. The second-order valence-electron chi connectivity index (χ2n) is 6.01. The van der Waals surface area contributed by atoms with E-state index < -0.39 is 0 Å². The Balaban J connectivity index is 1.87. The Morgan fingerprint density at radius 3 is 2.68 bits per heavy atom. The molecule has 0 aliphatic rings. The number of hydrogen-bond donors (Lipinski definition) is 1. The predicted molar refractivity (Wildman–Crippen MR) is 105 cm³/mol. The van der Waals surface area contributed by atoms with Gasteiger partial charge in [0.2, 0.25) is 0 Å². The van der Waals surface area contributed by atoms with Gasteiger partial charge in [0.05, 0.1) is 5.69 Å². The minimum Gasteiger partial charge on any atom is -0.488 e. The first kappa shape index (κ1) is 17.6. The quantitative estimate of drug-likeness (QED) is 0.615. The summed E-state index contributed by atoms with van der Waals surface area (Å²) in [6.07, 6.45) is 2.20. The highest BCUT2D eigenvalue weighted by Gasteiger charge is 2.12. The summed E-state index contributed by atoms with van der Waals surface area (Å²) in [5.41, 5.74) is 4.57. The van der Waals surface area contributed by atoms with Crippen molar-refractivity contribution in [3.05, 3.63) is 70.0 Å². The molecule has 0 fully saturated rings. The van der Waals surface area contributed by atoms with E-state index in [1.165, 1.54) is 11.1 Å². The molecule has 1 N–H and O–H groups in total. The monoisotopic (exact) mass is 352 g/mol. The molecule has 0 saturated carbocycles. The summed E-state index contributed by atoms with van der Waals surface area (Å²) in [6.45, 7) is 3.56. The Morgan fingerprint density at radius 1 is 1.08 bits per heavy atom. The van der Waals surface area contributed by atoms with E-state index in [1.807, 2.05) is 25.2 Å². The second-order valence-corrected chi connectivity index (χ2v) is 6.95. The van der Waals surface area contributed by atoms with Crippen LogP contribution in [-0.4, -0.2) is 12.0 Å². The number of benzene rings is 2. The van der Waals surface area contributed by atoms with Crippen molar-refractivity contribution in [1.29, 1.82) is 0 Å². The number of hydrogen-bond acceptors (Lipinski definition) is 4. The zero-order valence-corrected chi connectivity index (χ0v) is 15.6. The number of ether oxygens (including phenoxy) is 1. The molecule has 0 spiro atoms. The summed E-state index contributed by atoms with van der Waals surface area (Å²) < 4.78 is 6.13. The van der Waals surface area contributed by atoms with E-state index in [9.17, 15) is 0 Å². The van der Waals surface area contributed by atoms with Crippen LogP contribution in [0.4, 0.5) is 0 Å². The van der Waals surface area contributed by atoms with Crippen LogP contribution in [0.5, 0.6) is 5.75 Å². The molecule has 0 amide bonds. The fraction of sp³-hybridized carbons (Fsp3) is 0.286. The number of rotatable bonds is 8. The smallest absolute Gasteiger partial charge is 0.129 e. The molecule has 3 nitrogen and oxygen atoms in total. The summed E-state index contributed by atoms with van der Waals surface area (Å²) in [7, 11) is 1.94. The van der Waals surface area contributed by atoms with E-state index in [-0.39, 0.29) is 0 Å². The van der Waals surface area contributed by atoms with Crippen LogP contribution < -0.4 is 10.1 Å². The minimum absolute atomic E-state index is 0.564. The Hall–Kier alpha value is -2.17. The Bertz CT molecular complexity index is 799. The predicted octanol–water partition coefficient (Wildman–Crippen LogP) is 5.06. The van der Waals surface area contributed by atoms with E-state index in [0.717, 1.165) is 41.4 Å². The topological polar surface area (TPSA) is 34.1 Å². The molecular formula is C21H24N2OS. The van der Waals surface area contributed by atoms with Crippen molar-refractivity contribution < 1.29 is 4.74 Å². The lowest BCUT2D eigenvalue weighted by molar-refractivity contribution is 0.307. The molecular weight excluding hydrogens is 328 g/mol. The van der Waals surface area contributed by atoms with Crippen LogP contribution in [0, 0.1) is 0 Å². The van der Waals surface area contributed by atoms with Crippen molar-refractivity contribution in [2.45, 2.75) is 32.9 Å². The zero-order valence-electron chi connectivity index (χ0n) is 14.8. The lowest BCUT2D eigenvalue weighted by atomic mass is 10.0. The molecule has 4 heteroatoms. The number of nitrogens with zero attached hydrogens (tertiary/aromatic N) is 1. The van der Waals surface area contributed by atoms with Crippen LogP contribution in [0.2, 0.25) is 0 Å². The third-order valence-electron chi connectivity index (χ3n) is 3.98. The SMILES string of the molecule is CCCc1ccc(OCc2ccccc2)c(-c2csc(CNC)n2)c1. The van der Waals surface area contributed by atoms with Crippen molar-refractivity contribution in [2.24, 2.45) is 0 Å². The standard InChI is InChI=1S/C21H24N2OS/c1-3-7-16-10-11-20(24-14-17-8-5-4-6-9-17)18(12-16)19-15-25-21(23-19)13-22-2/h4-6,8-12,15,22H,3,7,13-14H2,1-2H3. The summed E-state index contributed by atoms with van der Waals surface area (Å²) in [5.74, 6) is 0.894. The van der Waals surface area contributed by atoms with E-state index in [4.69, 9.17) is 9.72 Å². The van der Waals surface area contributed by atoms with Gasteiger partial charge >= 0.3 is 0 Å². The van der Waals surface area contributed by atoms with E-state index in [1.54, 1.807) is 11.3 Å². The molecule has 0 aliphatic carbocycles. The average molecular weight is 353 g/mol. The molecule has 3 rings (SSSR count). The number of nitrogens with one attached hydrogen (secondary N) is 1. The van der Waals surface area contributed by atoms with Gasteiger partial charge in [0.1, 0.15) is 17.4 Å². The molecule has 2 aromatic carbocycles. The van der Waals surface area contributed by atoms with Gasteiger partial charge in [-0.3, -0.25) is 0 Å². The van der Waals surface area contributed by atoms with Gasteiger partial charge < -0.3 is 10.1 Å². The molecule has 0 atom stereocenters. The molecule has 0 saturated heterocycles. The highest BCUT2D eigenvalue weighted by Crippen LogP contribution is 2.33. The van der Waals surface area contributed by atoms with E-state index in [0.29, 0.717) is 6.61 Å². The second kappa shape index (κ2) is 8.79. The fourth-order valence-corrected chi connectivity index (χ4v) is 3.56. The molecule has 130 valence electrons.